The smallest absolute Gasteiger partial charge is 0.247 e. The molecule has 1 amide bonds. The fraction of sp³-hybridized carbons (Fsp3) is 0.617. The van der Waals surface area contributed by atoms with Crippen molar-refractivity contribution in [2.45, 2.75) is 142 Å². The first-order valence-corrected chi connectivity index (χ1v) is 20.5. The van der Waals surface area contributed by atoms with E-state index in [1.54, 1.807) is 7.11 Å². The lowest BCUT2D eigenvalue weighted by Gasteiger charge is -2.64. The Morgan fingerprint density at radius 3 is 2.51 bits per heavy atom. The second-order valence-corrected chi connectivity index (χ2v) is 19.9. The monoisotopic (exact) mass is 750 g/mol. The van der Waals surface area contributed by atoms with Crippen molar-refractivity contribution in [3.05, 3.63) is 76.0 Å². The van der Waals surface area contributed by atoms with Crippen molar-refractivity contribution >= 4 is 28.2 Å². The predicted octanol–water partition coefficient (Wildman–Crippen LogP) is 8.25. The Kier molecular flexibility index (Phi) is 8.66. The summed E-state index contributed by atoms with van der Waals surface area (Å²) >= 11 is 0. The highest BCUT2D eigenvalue weighted by Gasteiger charge is 2.67. The van der Waals surface area contributed by atoms with Crippen molar-refractivity contribution in [1.82, 2.24) is 9.88 Å². The Morgan fingerprint density at radius 1 is 1.13 bits per heavy atom. The Bertz CT molecular complexity index is 2130. The van der Waals surface area contributed by atoms with E-state index in [0.717, 1.165) is 58.9 Å². The molecule has 1 aromatic heterocycles. The molecule has 4 aliphatic carbocycles. The normalized spacial score (nSPS) is 37.3. The molecule has 3 N–H and O–H groups in total. The number of fused-ring (bicyclic) bond motifs is 11. The zero-order chi connectivity index (χ0) is 39.9. The number of methoxy groups -OCH3 is 1. The highest BCUT2D eigenvalue weighted by molar-refractivity contribution is 6.18. The summed E-state index contributed by atoms with van der Waals surface area (Å²) < 4.78 is 14.1. The molecule has 10 unspecified atom stereocenters. The fourth-order valence-corrected chi connectivity index (χ4v) is 13.2. The van der Waals surface area contributed by atoms with E-state index >= 15 is 0 Å². The zero-order valence-corrected chi connectivity index (χ0v) is 34.9. The van der Waals surface area contributed by atoms with Crippen LogP contribution in [-0.2, 0) is 26.1 Å². The molecule has 8 nitrogen and oxygen atoms in total. The topological polar surface area (TPSA) is 110 Å². The van der Waals surface area contributed by atoms with Crippen LogP contribution >= 0.6 is 0 Å². The molecule has 3 heterocycles. The van der Waals surface area contributed by atoms with Crippen LogP contribution in [0.3, 0.4) is 0 Å². The van der Waals surface area contributed by atoms with Crippen molar-refractivity contribution < 1.29 is 29.3 Å². The Balaban J connectivity index is 1.27. The minimum Gasteiger partial charge on any atom is -0.392 e. The van der Waals surface area contributed by atoms with Crippen molar-refractivity contribution in [3.8, 4) is 0 Å². The summed E-state index contributed by atoms with van der Waals surface area (Å²) in [5.74, 6) is 0.165. The van der Waals surface area contributed by atoms with Gasteiger partial charge in [-0.2, -0.15) is 0 Å². The lowest BCUT2D eigenvalue weighted by molar-refractivity contribution is -0.144. The van der Waals surface area contributed by atoms with Crippen molar-refractivity contribution in [3.63, 3.8) is 0 Å². The molecule has 8 rings (SSSR count). The van der Waals surface area contributed by atoms with Gasteiger partial charge in [0.25, 0.3) is 0 Å². The van der Waals surface area contributed by atoms with Gasteiger partial charge in [0.15, 0.2) is 5.78 Å². The number of nitrogens with zero attached hydrogens (tertiary/aromatic N) is 1. The summed E-state index contributed by atoms with van der Waals surface area (Å²) in [5, 5.41) is 28.2. The van der Waals surface area contributed by atoms with Crippen LogP contribution < -0.4 is 5.32 Å². The van der Waals surface area contributed by atoms with Gasteiger partial charge in [-0.1, -0.05) is 51.2 Å². The first-order chi connectivity index (χ1) is 25.6. The third-order valence-electron chi connectivity index (χ3n) is 15.6. The van der Waals surface area contributed by atoms with Gasteiger partial charge in [0.05, 0.1) is 41.1 Å². The van der Waals surface area contributed by atoms with E-state index in [0.29, 0.717) is 30.1 Å². The Labute approximate surface area is 327 Å². The van der Waals surface area contributed by atoms with E-state index in [2.05, 4.69) is 83.1 Å². The van der Waals surface area contributed by atoms with Crippen LogP contribution in [0.25, 0.3) is 16.5 Å². The number of Topliss-reactive ketones (excluding diaryl/α,β-unsaturated/α-hetero) is 1. The highest BCUT2D eigenvalue weighted by atomic mass is 16.5. The molecule has 0 bridgehead atoms. The van der Waals surface area contributed by atoms with Crippen LogP contribution in [-0.4, -0.2) is 63.5 Å². The standard InChI is InChI=1S/C47H62N2O6/c1-24(2)37-40(52)35-34-28(31-22-43(5,6)55-44(7,8)36(31)39(34)51)21-29-30-20-27-15-16-32-45(9,18-13-14-25(3)42(53)48-26(4)23-54-12)33(50)17-19-46(32,10)47(27,11)41(30)49(37)38(29)35/h13-14,18,21-22,26-27,32-33,36-37,39,50-51H,1,15-17,19-20,23H2,2-12H3,(H,48,53)/b18-13+,25-14+. The van der Waals surface area contributed by atoms with E-state index < -0.39 is 34.9 Å². The molecule has 0 radical (unpaired) electrons. The molecule has 55 heavy (non-hydrogen) atoms. The number of rotatable bonds is 7. The lowest BCUT2D eigenvalue weighted by Crippen LogP contribution is -2.62. The highest BCUT2D eigenvalue weighted by Crippen LogP contribution is 2.71. The van der Waals surface area contributed by atoms with Gasteiger partial charge in [0.1, 0.15) is 6.04 Å². The number of carbonyl (C=O) groups excluding carboxylic acids is 2. The number of aliphatic hydroxyl groups excluding tert-OH is 2. The van der Waals surface area contributed by atoms with E-state index in [1.807, 2.05) is 32.9 Å². The lowest BCUT2D eigenvalue weighted by atomic mass is 9.40. The molecular weight excluding hydrogens is 689 g/mol. The van der Waals surface area contributed by atoms with Crippen molar-refractivity contribution in [2.24, 2.45) is 28.6 Å². The molecule has 2 saturated carbocycles. The first kappa shape index (κ1) is 38.6. The van der Waals surface area contributed by atoms with Gasteiger partial charge in [0.2, 0.25) is 5.91 Å². The van der Waals surface area contributed by atoms with Crippen LogP contribution in [0, 0.1) is 28.6 Å². The molecule has 8 heteroatoms. The van der Waals surface area contributed by atoms with Gasteiger partial charge in [-0.15, -0.1) is 0 Å². The second-order valence-electron chi connectivity index (χ2n) is 19.9. The van der Waals surface area contributed by atoms with Gasteiger partial charge in [-0.25, -0.2) is 0 Å². The third-order valence-corrected chi connectivity index (χ3v) is 15.6. The molecule has 2 aromatic rings. The van der Waals surface area contributed by atoms with Crippen LogP contribution in [0.4, 0.5) is 0 Å². The summed E-state index contributed by atoms with van der Waals surface area (Å²) in [6, 6.07) is 1.67. The summed E-state index contributed by atoms with van der Waals surface area (Å²) in [6.07, 6.45) is 11.3. The summed E-state index contributed by atoms with van der Waals surface area (Å²) in [6.45, 7) is 25.9. The number of allylic oxidation sites excluding steroid dienone is 3. The molecule has 0 saturated heterocycles. The molecule has 10 atom stereocenters. The largest absolute Gasteiger partial charge is 0.392 e. The number of amides is 1. The Hall–Kier alpha value is -3.30. The maximum atomic E-state index is 14.9. The van der Waals surface area contributed by atoms with Gasteiger partial charge in [-0.05, 0) is 127 Å². The van der Waals surface area contributed by atoms with Crippen molar-refractivity contribution in [2.75, 3.05) is 13.7 Å². The maximum absolute atomic E-state index is 14.9. The van der Waals surface area contributed by atoms with E-state index in [4.69, 9.17) is 9.47 Å². The third kappa shape index (κ3) is 5.09. The second kappa shape index (κ2) is 12.3. The number of ether oxygens (including phenoxy) is 2. The van der Waals surface area contributed by atoms with Crippen LogP contribution in [0.2, 0.25) is 0 Å². The first-order valence-electron chi connectivity index (χ1n) is 20.5. The number of ketones is 1. The number of benzene rings is 1. The number of carbonyl (C=O) groups is 2. The van der Waals surface area contributed by atoms with Gasteiger partial charge in [0, 0.05) is 52.1 Å². The molecular formula is C47H62N2O6. The SMILES string of the molecule is C=C(C)C1C(=O)c2c3c(cc4c5c(n1c24)C1(C)C(CCC2C(C)(/C=C/C=C(\C)C(=O)NC(C)COC)C(O)CCC21C)C5)C1=CC(C)(C)OC(C)(C)C1C3O. The van der Waals surface area contributed by atoms with E-state index in [9.17, 15) is 19.8 Å². The number of aliphatic hydroxyl groups is 2. The van der Waals surface area contributed by atoms with Gasteiger partial charge < -0.3 is 29.6 Å². The van der Waals surface area contributed by atoms with Gasteiger partial charge in [-0.3, -0.25) is 9.59 Å². The van der Waals surface area contributed by atoms with Gasteiger partial charge >= 0.3 is 0 Å². The number of hydrogen-bond donors (Lipinski definition) is 3. The van der Waals surface area contributed by atoms with E-state index in [-0.39, 0.29) is 40.4 Å². The average molecular weight is 751 g/mol. The minimum absolute atomic E-state index is 0.0302. The van der Waals surface area contributed by atoms with Crippen LogP contribution in [0.15, 0.2) is 48.1 Å². The number of nitrogens with one attached hydrogen (secondary N) is 1. The van der Waals surface area contributed by atoms with Crippen molar-refractivity contribution in [1.29, 1.82) is 0 Å². The van der Waals surface area contributed by atoms with E-state index in [1.165, 1.54) is 11.3 Å². The van der Waals surface area contributed by atoms with Crippen LogP contribution in [0.5, 0.6) is 0 Å². The molecule has 2 aliphatic heterocycles. The number of aromatic nitrogens is 1. The summed E-state index contributed by atoms with van der Waals surface area (Å²) in [5.41, 5.74) is 6.31. The fourth-order valence-electron chi connectivity index (χ4n) is 13.2. The Morgan fingerprint density at radius 2 is 1.84 bits per heavy atom. The number of hydrogen-bond acceptors (Lipinski definition) is 6. The molecule has 2 fully saturated rings. The maximum Gasteiger partial charge on any atom is 0.247 e. The molecule has 296 valence electrons. The molecule has 1 aromatic carbocycles. The molecule has 0 spiro atoms. The molecule has 6 aliphatic rings. The summed E-state index contributed by atoms with van der Waals surface area (Å²) in [4.78, 5) is 27.8. The minimum atomic E-state index is -0.859. The average Bonchev–Trinajstić information content (AvgIpc) is 3.75. The predicted molar refractivity (Wildman–Crippen MR) is 217 cm³/mol. The zero-order valence-electron chi connectivity index (χ0n) is 34.9. The van der Waals surface area contributed by atoms with Crippen LogP contribution in [0.1, 0.15) is 140 Å². The summed E-state index contributed by atoms with van der Waals surface area (Å²) in [7, 11) is 1.62. The quantitative estimate of drug-likeness (QED) is 0.149.